The molecule has 0 radical (unpaired) electrons. The molecule has 0 spiro atoms. The van der Waals surface area contributed by atoms with E-state index < -0.39 is 27.6 Å². The Hall–Kier alpha value is -2.51. The monoisotopic (exact) mass is 410 g/mol. The van der Waals surface area contributed by atoms with Crippen LogP contribution in [0.25, 0.3) is 22.3 Å². The van der Waals surface area contributed by atoms with Crippen LogP contribution >= 0.6 is 11.6 Å². The number of halogens is 3. The predicted octanol–water partition coefficient (Wildman–Crippen LogP) is 4.97. The SMILES string of the molecule is CS(=O)(=O)c1ccc(-c2cc(C(F)F)oc(=O)c2-c2ccc(Cl)cc2)cc1. The molecule has 2 aromatic carbocycles. The third-order valence-corrected chi connectivity index (χ3v) is 5.29. The van der Waals surface area contributed by atoms with Gasteiger partial charge >= 0.3 is 5.63 Å². The Kier molecular flexibility index (Phi) is 5.17. The maximum absolute atomic E-state index is 13.1. The van der Waals surface area contributed by atoms with Crippen LogP contribution in [-0.4, -0.2) is 14.7 Å². The zero-order chi connectivity index (χ0) is 19.8. The van der Waals surface area contributed by atoms with Crippen LogP contribution in [0.1, 0.15) is 12.2 Å². The van der Waals surface area contributed by atoms with Gasteiger partial charge in [0.25, 0.3) is 6.43 Å². The van der Waals surface area contributed by atoms with Crippen molar-refractivity contribution in [2.75, 3.05) is 6.26 Å². The van der Waals surface area contributed by atoms with Gasteiger partial charge in [-0.1, -0.05) is 35.9 Å². The molecular formula is C19H13ClF2O4S. The van der Waals surface area contributed by atoms with Gasteiger partial charge in [-0.15, -0.1) is 0 Å². The van der Waals surface area contributed by atoms with Gasteiger partial charge < -0.3 is 4.42 Å². The Morgan fingerprint density at radius 1 is 0.963 bits per heavy atom. The second-order valence-corrected chi connectivity index (χ2v) is 8.28. The highest BCUT2D eigenvalue weighted by molar-refractivity contribution is 7.90. The lowest BCUT2D eigenvalue weighted by atomic mass is 9.96. The lowest BCUT2D eigenvalue weighted by Gasteiger charge is -2.11. The first-order valence-electron chi connectivity index (χ1n) is 7.69. The van der Waals surface area contributed by atoms with Crippen molar-refractivity contribution in [2.24, 2.45) is 0 Å². The van der Waals surface area contributed by atoms with Crippen LogP contribution in [0, 0.1) is 0 Å². The Morgan fingerprint density at radius 2 is 1.52 bits per heavy atom. The van der Waals surface area contributed by atoms with E-state index in [9.17, 15) is 22.0 Å². The van der Waals surface area contributed by atoms with Gasteiger partial charge in [0.15, 0.2) is 15.6 Å². The fraction of sp³-hybridized carbons (Fsp3) is 0.105. The van der Waals surface area contributed by atoms with Gasteiger partial charge in [-0.25, -0.2) is 22.0 Å². The molecule has 8 heteroatoms. The van der Waals surface area contributed by atoms with Gasteiger partial charge in [0, 0.05) is 16.8 Å². The van der Waals surface area contributed by atoms with Crippen LogP contribution in [-0.2, 0) is 9.84 Å². The molecule has 1 heterocycles. The molecule has 0 bridgehead atoms. The van der Waals surface area contributed by atoms with E-state index in [0.29, 0.717) is 16.1 Å². The summed E-state index contributed by atoms with van der Waals surface area (Å²) in [6.45, 7) is 0. The highest BCUT2D eigenvalue weighted by Crippen LogP contribution is 2.33. The average Bonchev–Trinajstić information content (AvgIpc) is 2.61. The molecule has 3 aromatic rings. The minimum absolute atomic E-state index is 0.0799. The molecule has 0 atom stereocenters. The smallest absolute Gasteiger partial charge is 0.344 e. The summed E-state index contributed by atoms with van der Waals surface area (Å²) in [5.41, 5.74) is 0.225. The maximum Gasteiger partial charge on any atom is 0.344 e. The van der Waals surface area contributed by atoms with Gasteiger partial charge in [-0.2, -0.15) is 0 Å². The number of hydrogen-bond donors (Lipinski definition) is 0. The molecule has 0 N–H and O–H groups in total. The van der Waals surface area contributed by atoms with Gasteiger partial charge in [-0.05, 0) is 41.5 Å². The summed E-state index contributed by atoms with van der Waals surface area (Å²) in [7, 11) is -3.41. The zero-order valence-corrected chi connectivity index (χ0v) is 15.5. The first-order valence-corrected chi connectivity index (χ1v) is 9.96. The molecule has 0 saturated heterocycles. The molecular weight excluding hydrogens is 398 g/mol. The third-order valence-electron chi connectivity index (χ3n) is 3.91. The third kappa shape index (κ3) is 4.09. The van der Waals surface area contributed by atoms with E-state index in [-0.39, 0.29) is 16.0 Å². The normalized spacial score (nSPS) is 11.7. The van der Waals surface area contributed by atoms with Gasteiger partial charge in [0.2, 0.25) is 0 Å². The lowest BCUT2D eigenvalue weighted by molar-refractivity contribution is 0.117. The quantitative estimate of drug-likeness (QED) is 0.609. The summed E-state index contributed by atoms with van der Waals surface area (Å²) < 4.78 is 54.2. The lowest BCUT2D eigenvalue weighted by Crippen LogP contribution is -2.08. The summed E-state index contributed by atoms with van der Waals surface area (Å²) in [5.74, 6) is -0.764. The number of sulfone groups is 1. The largest absolute Gasteiger partial charge is 0.421 e. The highest BCUT2D eigenvalue weighted by atomic mass is 35.5. The van der Waals surface area contributed by atoms with Crippen LogP contribution in [0.5, 0.6) is 0 Å². The first kappa shape index (κ1) is 19.3. The molecule has 0 saturated carbocycles. The van der Waals surface area contributed by atoms with Crippen LogP contribution in [0.2, 0.25) is 5.02 Å². The first-order chi connectivity index (χ1) is 12.7. The maximum atomic E-state index is 13.1. The predicted molar refractivity (Wildman–Crippen MR) is 98.9 cm³/mol. The highest BCUT2D eigenvalue weighted by Gasteiger charge is 2.20. The number of benzene rings is 2. The van der Waals surface area contributed by atoms with Crippen molar-refractivity contribution in [1.29, 1.82) is 0 Å². The molecule has 27 heavy (non-hydrogen) atoms. The molecule has 1 aromatic heterocycles. The topological polar surface area (TPSA) is 64.3 Å². The number of rotatable bonds is 4. The van der Waals surface area contributed by atoms with E-state index in [4.69, 9.17) is 16.0 Å². The van der Waals surface area contributed by atoms with Crippen molar-refractivity contribution in [3.8, 4) is 22.3 Å². The minimum Gasteiger partial charge on any atom is -0.421 e. The molecule has 0 aliphatic rings. The molecule has 0 fully saturated rings. The van der Waals surface area contributed by atoms with Crippen molar-refractivity contribution in [2.45, 2.75) is 11.3 Å². The summed E-state index contributed by atoms with van der Waals surface area (Å²) in [6.07, 6.45) is -1.90. The molecule has 0 aliphatic carbocycles. The van der Waals surface area contributed by atoms with Crippen molar-refractivity contribution in [1.82, 2.24) is 0 Å². The van der Waals surface area contributed by atoms with Crippen molar-refractivity contribution in [3.05, 3.63) is 75.8 Å². The van der Waals surface area contributed by atoms with E-state index in [1.165, 1.54) is 24.3 Å². The molecule has 3 rings (SSSR count). The summed E-state index contributed by atoms with van der Waals surface area (Å²) >= 11 is 5.87. The van der Waals surface area contributed by atoms with Crippen LogP contribution in [0.3, 0.4) is 0 Å². The van der Waals surface area contributed by atoms with Crippen molar-refractivity contribution < 1.29 is 21.6 Å². The summed E-state index contributed by atoms with van der Waals surface area (Å²) in [5, 5.41) is 0.450. The van der Waals surface area contributed by atoms with Crippen molar-refractivity contribution in [3.63, 3.8) is 0 Å². The number of hydrogen-bond acceptors (Lipinski definition) is 4. The average molecular weight is 411 g/mol. The summed E-state index contributed by atoms with van der Waals surface area (Å²) in [4.78, 5) is 12.5. The zero-order valence-electron chi connectivity index (χ0n) is 13.9. The summed E-state index contributed by atoms with van der Waals surface area (Å²) in [6, 6.07) is 13.0. The molecule has 4 nitrogen and oxygen atoms in total. The second-order valence-electron chi connectivity index (χ2n) is 5.83. The fourth-order valence-corrected chi connectivity index (χ4v) is 3.38. The second kappa shape index (κ2) is 7.25. The number of alkyl halides is 2. The Morgan fingerprint density at radius 3 is 2.04 bits per heavy atom. The van der Waals surface area contributed by atoms with Crippen LogP contribution in [0.15, 0.2) is 68.7 Å². The van der Waals surface area contributed by atoms with E-state index in [1.807, 2.05) is 0 Å². The van der Waals surface area contributed by atoms with Gasteiger partial charge in [0.1, 0.15) is 0 Å². The molecule has 140 valence electrons. The van der Waals surface area contributed by atoms with Crippen LogP contribution in [0.4, 0.5) is 8.78 Å². The Labute approximate surface area is 159 Å². The standard InChI is InChI=1S/C19H13ClF2O4S/c1-27(24,25)14-8-4-11(5-9-14)15-10-16(18(21)22)26-19(23)17(15)12-2-6-13(20)7-3-12/h2-10,18H,1H3. The van der Waals surface area contributed by atoms with E-state index >= 15 is 0 Å². The van der Waals surface area contributed by atoms with Crippen LogP contribution < -0.4 is 5.63 Å². The fourth-order valence-electron chi connectivity index (χ4n) is 2.62. The van der Waals surface area contributed by atoms with Crippen molar-refractivity contribution >= 4 is 21.4 Å². The van der Waals surface area contributed by atoms with Gasteiger partial charge in [-0.3, -0.25) is 0 Å². The van der Waals surface area contributed by atoms with Gasteiger partial charge in [0.05, 0.1) is 10.5 Å². The Bertz CT molecular complexity index is 1140. The van der Waals surface area contributed by atoms with E-state index in [2.05, 4.69) is 0 Å². The van der Waals surface area contributed by atoms with E-state index in [0.717, 1.165) is 12.3 Å². The Balaban J connectivity index is 2.26. The molecule has 0 amide bonds. The molecule has 0 aliphatic heterocycles. The molecule has 0 unspecified atom stereocenters. The van der Waals surface area contributed by atoms with E-state index in [1.54, 1.807) is 24.3 Å². The minimum atomic E-state index is -3.41.